The Balaban J connectivity index is 2.07. The highest BCUT2D eigenvalue weighted by Gasteiger charge is 2.34. The summed E-state index contributed by atoms with van der Waals surface area (Å²) in [5.74, 6) is 0.675. The summed E-state index contributed by atoms with van der Waals surface area (Å²) in [6.45, 7) is 1.55. The summed E-state index contributed by atoms with van der Waals surface area (Å²) in [4.78, 5) is 14.9. The van der Waals surface area contributed by atoms with Crippen molar-refractivity contribution in [3.05, 3.63) is 48.0 Å². The number of benzene rings is 2. The quantitative estimate of drug-likeness (QED) is 0.921. The zero-order valence-corrected chi connectivity index (χ0v) is 12.6. The highest BCUT2D eigenvalue weighted by Crippen LogP contribution is 2.51. The second kappa shape index (κ2) is 5.33. The van der Waals surface area contributed by atoms with Crippen LogP contribution in [0.15, 0.2) is 47.4 Å². The second-order valence-corrected chi connectivity index (χ2v) is 5.91. The summed E-state index contributed by atoms with van der Waals surface area (Å²) in [5, 5.41) is 9.64. The topological polar surface area (TPSA) is 49.8 Å². The monoisotopic (exact) mass is 301 g/mol. The first-order valence-corrected chi connectivity index (χ1v) is 7.41. The largest absolute Gasteiger partial charge is 0.508 e. The number of methoxy groups -OCH3 is 1. The molecule has 0 fully saturated rings. The number of rotatable bonds is 2. The van der Waals surface area contributed by atoms with Crippen molar-refractivity contribution in [2.24, 2.45) is 0 Å². The Morgan fingerprint density at radius 1 is 1.29 bits per heavy atom. The number of carbonyl (C=O) groups excluding carboxylic acids is 1. The van der Waals surface area contributed by atoms with E-state index < -0.39 is 0 Å². The second-order valence-electron chi connectivity index (χ2n) is 4.79. The van der Waals surface area contributed by atoms with Crippen LogP contribution in [0.2, 0.25) is 0 Å². The Bertz CT molecular complexity index is 702. The number of nitrogens with zero attached hydrogens (tertiary/aromatic N) is 1. The van der Waals surface area contributed by atoms with Gasteiger partial charge in [0.1, 0.15) is 16.9 Å². The predicted molar refractivity (Wildman–Crippen MR) is 82.9 cm³/mol. The molecule has 21 heavy (non-hydrogen) atoms. The molecule has 2 aromatic carbocycles. The van der Waals surface area contributed by atoms with E-state index in [1.54, 1.807) is 42.8 Å². The average molecular weight is 301 g/mol. The van der Waals surface area contributed by atoms with Crippen LogP contribution in [0.1, 0.15) is 17.9 Å². The number of carbonyl (C=O) groups is 1. The fourth-order valence-electron chi connectivity index (χ4n) is 2.47. The van der Waals surface area contributed by atoms with Crippen molar-refractivity contribution in [1.82, 2.24) is 0 Å². The summed E-state index contributed by atoms with van der Waals surface area (Å²) in [6, 6.07) is 12.9. The average Bonchev–Trinajstić information content (AvgIpc) is 2.86. The normalized spacial score (nSPS) is 16.7. The van der Waals surface area contributed by atoms with Gasteiger partial charge in [0.05, 0.1) is 12.8 Å². The van der Waals surface area contributed by atoms with Crippen LogP contribution in [0, 0.1) is 0 Å². The number of hydrogen-bond donors (Lipinski definition) is 1. The van der Waals surface area contributed by atoms with Gasteiger partial charge in [-0.1, -0.05) is 23.9 Å². The maximum atomic E-state index is 12.1. The summed E-state index contributed by atoms with van der Waals surface area (Å²) in [6.07, 6.45) is 0. The molecule has 0 saturated carbocycles. The van der Waals surface area contributed by atoms with Crippen LogP contribution < -0.4 is 9.64 Å². The lowest BCUT2D eigenvalue weighted by atomic mass is 10.1. The van der Waals surface area contributed by atoms with E-state index in [1.165, 1.54) is 0 Å². The molecule has 1 unspecified atom stereocenters. The fourth-order valence-corrected chi connectivity index (χ4v) is 3.80. The molecule has 108 valence electrons. The van der Waals surface area contributed by atoms with Crippen LogP contribution in [0.4, 0.5) is 5.69 Å². The molecule has 1 aliphatic rings. The maximum Gasteiger partial charge on any atom is 0.225 e. The number of para-hydroxylation sites is 1. The van der Waals surface area contributed by atoms with Gasteiger partial charge in [0.25, 0.3) is 0 Å². The van der Waals surface area contributed by atoms with Gasteiger partial charge in [0, 0.05) is 17.9 Å². The molecule has 0 aliphatic carbocycles. The predicted octanol–water partition coefficient (Wildman–Crippen LogP) is 3.56. The summed E-state index contributed by atoms with van der Waals surface area (Å²) in [5.41, 5.74) is 1.74. The van der Waals surface area contributed by atoms with E-state index in [0.29, 0.717) is 5.75 Å². The van der Waals surface area contributed by atoms with Gasteiger partial charge in [0.15, 0.2) is 0 Å². The molecule has 0 aromatic heterocycles. The smallest absolute Gasteiger partial charge is 0.225 e. The summed E-state index contributed by atoms with van der Waals surface area (Å²) >= 11 is 1.59. The number of fused-ring (bicyclic) bond motifs is 1. The molecule has 1 atom stereocenters. The zero-order chi connectivity index (χ0) is 15.0. The number of ether oxygens (including phenoxy) is 1. The van der Waals surface area contributed by atoms with Crippen molar-refractivity contribution in [1.29, 1.82) is 0 Å². The molecule has 1 amide bonds. The summed E-state index contributed by atoms with van der Waals surface area (Å²) in [7, 11) is 1.55. The highest BCUT2D eigenvalue weighted by molar-refractivity contribution is 8.00. The van der Waals surface area contributed by atoms with Gasteiger partial charge in [-0.2, -0.15) is 0 Å². The molecule has 2 aromatic rings. The van der Waals surface area contributed by atoms with Crippen molar-refractivity contribution in [3.63, 3.8) is 0 Å². The van der Waals surface area contributed by atoms with Crippen LogP contribution in [0.5, 0.6) is 11.5 Å². The van der Waals surface area contributed by atoms with Crippen LogP contribution in [-0.4, -0.2) is 18.1 Å². The Morgan fingerprint density at radius 2 is 2.05 bits per heavy atom. The van der Waals surface area contributed by atoms with Gasteiger partial charge >= 0.3 is 0 Å². The lowest BCUT2D eigenvalue weighted by molar-refractivity contribution is -0.116. The first kappa shape index (κ1) is 13.8. The molecular weight excluding hydrogens is 286 g/mol. The van der Waals surface area contributed by atoms with Crippen molar-refractivity contribution < 1.29 is 14.6 Å². The highest BCUT2D eigenvalue weighted by atomic mass is 32.2. The van der Waals surface area contributed by atoms with E-state index in [0.717, 1.165) is 16.1 Å². The Hall–Kier alpha value is -2.14. The number of phenols is 1. The lowest BCUT2D eigenvalue weighted by Crippen LogP contribution is -2.28. The Labute approximate surface area is 127 Å². The minimum Gasteiger partial charge on any atom is -0.508 e. The number of phenolic OH excluding ortho intramolecular Hbond substituents is 1. The maximum absolute atomic E-state index is 12.1. The Morgan fingerprint density at radius 3 is 2.76 bits per heavy atom. The standard InChI is InChI=1S/C16H15NO3S/c1-10(18)17-14-5-3-4-6-15(14)21-16(17)11-7-12(19)9-13(8-11)20-2/h3-9,16,19H,1-2H3. The zero-order valence-electron chi connectivity index (χ0n) is 11.7. The fraction of sp³-hybridized carbons (Fsp3) is 0.188. The molecule has 1 heterocycles. The van der Waals surface area contributed by atoms with E-state index in [-0.39, 0.29) is 17.0 Å². The lowest BCUT2D eigenvalue weighted by Gasteiger charge is -2.24. The van der Waals surface area contributed by atoms with Crippen LogP contribution in [-0.2, 0) is 4.79 Å². The third-order valence-electron chi connectivity index (χ3n) is 3.37. The number of thioether (sulfide) groups is 1. The van der Waals surface area contributed by atoms with Crippen molar-refractivity contribution in [2.45, 2.75) is 17.2 Å². The number of hydrogen-bond acceptors (Lipinski definition) is 4. The number of anilines is 1. The number of aromatic hydroxyl groups is 1. The molecular formula is C16H15NO3S. The minimum absolute atomic E-state index is 0.0280. The number of amides is 1. The van der Waals surface area contributed by atoms with Gasteiger partial charge in [-0.05, 0) is 29.8 Å². The van der Waals surface area contributed by atoms with Crippen LogP contribution in [0.25, 0.3) is 0 Å². The van der Waals surface area contributed by atoms with Gasteiger partial charge in [0.2, 0.25) is 5.91 Å². The van der Waals surface area contributed by atoms with E-state index in [4.69, 9.17) is 4.74 Å². The van der Waals surface area contributed by atoms with Gasteiger partial charge < -0.3 is 9.84 Å². The molecule has 0 radical (unpaired) electrons. The van der Waals surface area contributed by atoms with E-state index in [2.05, 4.69) is 0 Å². The Kier molecular flexibility index (Phi) is 3.51. The molecule has 0 bridgehead atoms. The van der Waals surface area contributed by atoms with Crippen molar-refractivity contribution in [2.75, 3.05) is 12.0 Å². The van der Waals surface area contributed by atoms with E-state index >= 15 is 0 Å². The van der Waals surface area contributed by atoms with E-state index in [9.17, 15) is 9.90 Å². The molecule has 3 rings (SSSR count). The van der Waals surface area contributed by atoms with Crippen LogP contribution in [0.3, 0.4) is 0 Å². The van der Waals surface area contributed by atoms with Crippen LogP contribution >= 0.6 is 11.8 Å². The molecule has 1 aliphatic heterocycles. The van der Waals surface area contributed by atoms with E-state index in [1.807, 2.05) is 30.3 Å². The van der Waals surface area contributed by atoms with Gasteiger partial charge in [-0.3, -0.25) is 9.69 Å². The molecule has 1 N–H and O–H groups in total. The molecule has 0 spiro atoms. The third-order valence-corrected chi connectivity index (χ3v) is 4.68. The van der Waals surface area contributed by atoms with Crippen molar-refractivity contribution in [3.8, 4) is 11.5 Å². The molecule has 5 heteroatoms. The minimum atomic E-state index is -0.194. The summed E-state index contributed by atoms with van der Waals surface area (Å²) < 4.78 is 5.20. The van der Waals surface area contributed by atoms with Gasteiger partial charge in [-0.15, -0.1) is 0 Å². The SMILES string of the molecule is COc1cc(O)cc(C2Sc3ccccc3N2C(C)=O)c1. The first-order valence-electron chi connectivity index (χ1n) is 6.53. The molecule has 4 nitrogen and oxygen atoms in total. The molecule has 0 saturated heterocycles. The van der Waals surface area contributed by atoms with Gasteiger partial charge in [-0.25, -0.2) is 0 Å². The van der Waals surface area contributed by atoms with Crippen molar-refractivity contribution >= 4 is 23.4 Å². The third kappa shape index (κ3) is 2.45. The first-order chi connectivity index (χ1) is 10.1.